The van der Waals surface area contributed by atoms with Gasteiger partial charge in [-0.3, -0.25) is 0 Å². The molecule has 0 bridgehead atoms. The standard InChI is InChI=1S/C15H18ClN3O/c1-19-6-4-10(5-7-19)12-3-2-11(8-14(12)16)13-9-18-20-15(13)17/h2-3,8-10H,4-7,17H2,1H3. The molecule has 0 atom stereocenters. The summed E-state index contributed by atoms with van der Waals surface area (Å²) >= 11 is 6.46. The van der Waals surface area contributed by atoms with E-state index < -0.39 is 0 Å². The summed E-state index contributed by atoms with van der Waals surface area (Å²) < 4.78 is 4.90. The Morgan fingerprint density at radius 3 is 2.70 bits per heavy atom. The molecule has 0 spiro atoms. The van der Waals surface area contributed by atoms with Gasteiger partial charge in [-0.05, 0) is 56.1 Å². The predicted octanol–water partition coefficient (Wildman–Crippen LogP) is 3.39. The van der Waals surface area contributed by atoms with Gasteiger partial charge in [0.1, 0.15) is 0 Å². The number of benzene rings is 1. The van der Waals surface area contributed by atoms with E-state index in [-0.39, 0.29) is 0 Å². The molecule has 1 fully saturated rings. The second-order valence-corrected chi connectivity index (χ2v) is 5.82. The van der Waals surface area contributed by atoms with Crippen molar-refractivity contribution < 1.29 is 4.52 Å². The molecule has 0 amide bonds. The Morgan fingerprint density at radius 1 is 1.35 bits per heavy atom. The Kier molecular flexibility index (Phi) is 3.68. The van der Waals surface area contributed by atoms with E-state index in [0.29, 0.717) is 11.8 Å². The van der Waals surface area contributed by atoms with Crippen LogP contribution in [0.15, 0.2) is 28.9 Å². The number of anilines is 1. The zero-order valence-electron chi connectivity index (χ0n) is 11.5. The molecule has 3 rings (SSSR count). The van der Waals surface area contributed by atoms with Crippen molar-refractivity contribution in [2.75, 3.05) is 25.9 Å². The SMILES string of the molecule is CN1CCC(c2ccc(-c3cnoc3N)cc2Cl)CC1. The van der Waals surface area contributed by atoms with Gasteiger partial charge < -0.3 is 15.2 Å². The minimum absolute atomic E-state index is 0.327. The maximum absolute atomic E-state index is 6.46. The second-order valence-electron chi connectivity index (χ2n) is 5.42. The molecule has 4 nitrogen and oxygen atoms in total. The average molecular weight is 292 g/mol. The van der Waals surface area contributed by atoms with Gasteiger partial charge in [-0.2, -0.15) is 0 Å². The van der Waals surface area contributed by atoms with Crippen LogP contribution in [-0.4, -0.2) is 30.2 Å². The van der Waals surface area contributed by atoms with Gasteiger partial charge in [0, 0.05) is 5.02 Å². The highest BCUT2D eigenvalue weighted by Crippen LogP contribution is 2.36. The van der Waals surface area contributed by atoms with Crippen LogP contribution in [0.2, 0.25) is 5.02 Å². The van der Waals surface area contributed by atoms with Crippen LogP contribution < -0.4 is 5.73 Å². The highest BCUT2D eigenvalue weighted by molar-refractivity contribution is 6.31. The molecule has 1 saturated heterocycles. The molecule has 0 radical (unpaired) electrons. The van der Waals surface area contributed by atoms with E-state index in [1.165, 1.54) is 5.56 Å². The first-order chi connectivity index (χ1) is 9.65. The molecule has 1 aromatic carbocycles. The quantitative estimate of drug-likeness (QED) is 0.921. The normalized spacial score (nSPS) is 17.5. The Morgan fingerprint density at radius 2 is 2.10 bits per heavy atom. The van der Waals surface area contributed by atoms with Crippen LogP contribution in [-0.2, 0) is 0 Å². The Labute approximate surface area is 123 Å². The van der Waals surface area contributed by atoms with Crippen molar-refractivity contribution >= 4 is 17.5 Å². The lowest BCUT2D eigenvalue weighted by Crippen LogP contribution is -2.29. The minimum Gasteiger partial charge on any atom is -0.367 e. The third-order valence-electron chi connectivity index (χ3n) is 4.07. The number of nitrogen functional groups attached to an aromatic ring is 1. The first-order valence-corrected chi connectivity index (χ1v) is 7.21. The Balaban J connectivity index is 1.86. The first-order valence-electron chi connectivity index (χ1n) is 6.83. The fourth-order valence-electron chi connectivity index (χ4n) is 2.81. The number of likely N-dealkylation sites (tertiary alicyclic amines) is 1. The molecular formula is C15H18ClN3O. The fraction of sp³-hybridized carbons (Fsp3) is 0.400. The van der Waals surface area contributed by atoms with Gasteiger partial charge >= 0.3 is 0 Å². The van der Waals surface area contributed by atoms with E-state index in [0.717, 1.165) is 42.1 Å². The molecule has 2 aromatic rings. The van der Waals surface area contributed by atoms with Crippen molar-refractivity contribution in [3.05, 3.63) is 35.0 Å². The van der Waals surface area contributed by atoms with Gasteiger partial charge in [-0.25, -0.2) is 0 Å². The number of nitrogens with two attached hydrogens (primary N) is 1. The maximum atomic E-state index is 6.46. The lowest BCUT2D eigenvalue weighted by atomic mass is 9.88. The molecule has 2 N–H and O–H groups in total. The van der Waals surface area contributed by atoms with Crippen LogP contribution in [0.1, 0.15) is 24.3 Å². The molecule has 5 heteroatoms. The first kappa shape index (κ1) is 13.5. The van der Waals surface area contributed by atoms with Crippen molar-refractivity contribution in [1.29, 1.82) is 0 Å². The molecule has 0 unspecified atom stereocenters. The summed E-state index contributed by atoms with van der Waals surface area (Å²) in [6.07, 6.45) is 3.94. The molecule has 106 valence electrons. The third-order valence-corrected chi connectivity index (χ3v) is 4.40. The van der Waals surface area contributed by atoms with E-state index >= 15 is 0 Å². The van der Waals surface area contributed by atoms with E-state index in [4.69, 9.17) is 21.9 Å². The molecular weight excluding hydrogens is 274 g/mol. The number of rotatable bonds is 2. The zero-order chi connectivity index (χ0) is 14.1. The lowest BCUT2D eigenvalue weighted by molar-refractivity contribution is 0.255. The maximum Gasteiger partial charge on any atom is 0.229 e. The number of hydrogen-bond donors (Lipinski definition) is 1. The average Bonchev–Trinajstić information content (AvgIpc) is 2.86. The van der Waals surface area contributed by atoms with Crippen LogP contribution in [0.3, 0.4) is 0 Å². The Hall–Kier alpha value is -1.52. The van der Waals surface area contributed by atoms with Gasteiger partial charge in [-0.1, -0.05) is 28.9 Å². The number of aromatic nitrogens is 1. The van der Waals surface area contributed by atoms with Gasteiger partial charge in [0.05, 0.1) is 11.8 Å². The van der Waals surface area contributed by atoms with E-state index in [2.05, 4.69) is 23.2 Å². The van der Waals surface area contributed by atoms with Crippen LogP contribution >= 0.6 is 11.6 Å². The zero-order valence-corrected chi connectivity index (χ0v) is 12.2. The molecule has 1 aromatic heterocycles. The fourth-order valence-corrected chi connectivity index (χ4v) is 3.15. The minimum atomic E-state index is 0.327. The molecule has 0 saturated carbocycles. The highest BCUT2D eigenvalue weighted by atomic mass is 35.5. The van der Waals surface area contributed by atoms with E-state index in [9.17, 15) is 0 Å². The van der Waals surface area contributed by atoms with Gasteiger partial charge in [-0.15, -0.1) is 0 Å². The number of hydrogen-bond acceptors (Lipinski definition) is 4. The summed E-state index contributed by atoms with van der Waals surface area (Å²) in [5, 5.41) is 4.50. The summed E-state index contributed by atoms with van der Waals surface area (Å²) in [5.74, 6) is 0.876. The van der Waals surface area contributed by atoms with Crippen molar-refractivity contribution in [1.82, 2.24) is 10.1 Å². The third kappa shape index (κ3) is 2.53. The van der Waals surface area contributed by atoms with Crippen LogP contribution in [0.5, 0.6) is 0 Å². The summed E-state index contributed by atoms with van der Waals surface area (Å²) in [4.78, 5) is 2.36. The summed E-state index contributed by atoms with van der Waals surface area (Å²) in [7, 11) is 2.16. The molecule has 20 heavy (non-hydrogen) atoms. The number of piperidine rings is 1. The van der Waals surface area contributed by atoms with Crippen molar-refractivity contribution in [2.45, 2.75) is 18.8 Å². The number of halogens is 1. The van der Waals surface area contributed by atoms with Gasteiger partial charge in [0.2, 0.25) is 5.88 Å². The highest BCUT2D eigenvalue weighted by Gasteiger charge is 2.21. The van der Waals surface area contributed by atoms with Crippen molar-refractivity contribution in [3.63, 3.8) is 0 Å². The molecule has 1 aliphatic heterocycles. The second kappa shape index (κ2) is 5.46. The van der Waals surface area contributed by atoms with Crippen molar-refractivity contribution in [3.8, 4) is 11.1 Å². The largest absolute Gasteiger partial charge is 0.367 e. The smallest absolute Gasteiger partial charge is 0.229 e. The van der Waals surface area contributed by atoms with Gasteiger partial charge in [0.15, 0.2) is 0 Å². The van der Waals surface area contributed by atoms with Crippen LogP contribution in [0, 0.1) is 0 Å². The predicted molar refractivity (Wildman–Crippen MR) is 80.8 cm³/mol. The summed E-state index contributed by atoms with van der Waals surface area (Å²) in [5.41, 5.74) is 8.72. The topological polar surface area (TPSA) is 55.3 Å². The van der Waals surface area contributed by atoms with Crippen LogP contribution in [0.25, 0.3) is 11.1 Å². The number of nitrogens with zero attached hydrogens (tertiary/aromatic N) is 2. The van der Waals surface area contributed by atoms with Crippen molar-refractivity contribution in [2.24, 2.45) is 0 Å². The molecule has 1 aliphatic rings. The summed E-state index contributed by atoms with van der Waals surface area (Å²) in [6.45, 7) is 2.25. The monoisotopic (exact) mass is 291 g/mol. The molecule has 0 aliphatic carbocycles. The summed E-state index contributed by atoms with van der Waals surface area (Å²) in [6, 6.07) is 6.11. The Bertz CT molecular complexity index is 603. The van der Waals surface area contributed by atoms with Crippen LogP contribution in [0.4, 0.5) is 5.88 Å². The van der Waals surface area contributed by atoms with E-state index in [1.54, 1.807) is 6.20 Å². The lowest BCUT2D eigenvalue weighted by Gasteiger charge is -2.29. The van der Waals surface area contributed by atoms with Gasteiger partial charge in [0.25, 0.3) is 0 Å². The molecule has 2 heterocycles. The van der Waals surface area contributed by atoms with E-state index in [1.807, 2.05) is 12.1 Å².